The van der Waals surface area contributed by atoms with Crippen LogP contribution in [0, 0.1) is 11.8 Å². The Morgan fingerprint density at radius 1 is 0.690 bits per heavy atom. The lowest BCUT2D eigenvalue weighted by atomic mass is 10.0. The van der Waals surface area contributed by atoms with E-state index in [9.17, 15) is 19.2 Å². The zero-order chi connectivity index (χ0) is 30.8. The van der Waals surface area contributed by atoms with E-state index >= 15 is 0 Å². The first-order valence-electron chi connectivity index (χ1n) is 13.4. The highest BCUT2D eigenvalue weighted by molar-refractivity contribution is 5.83. The van der Waals surface area contributed by atoms with Crippen LogP contribution < -0.4 is 23.7 Å². The van der Waals surface area contributed by atoms with Gasteiger partial charge < -0.3 is 23.7 Å². The predicted molar refractivity (Wildman–Crippen MR) is 156 cm³/mol. The van der Waals surface area contributed by atoms with Crippen LogP contribution in [0.2, 0.25) is 0 Å². The van der Waals surface area contributed by atoms with Gasteiger partial charge in [-0.2, -0.15) is 0 Å². The topological polar surface area (TPSA) is 114 Å². The van der Waals surface area contributed by atoms with Crippen LogP contribution in [-0.4, -0.2) is 31.0 Å². The second-order valence-electron chi connectivity index (χ2n) is 9.92. The molecule has 0 saturated heterocycles. The van der Waals surface area contributed by atoms with Crippen molar-refractivity contribution < 1.29 is 42.9 Å². The van der Waals surface area contributed by atoms with E-state index < -0.39 is 23.9 Å². The van der Waals surface area contributed by atoms with Gasteiger partial charge in [0, 0.05) is 12.5 Å². The number of carbonyl (C=O) groups excluding carboxylic acids is 4. The summed E-state index contributed by atoms with van der Waals surface area (Å²) in [7, 11) is 1.47. The van der Waals surface area contributed by atoms with Crippen LogP contribution in [-0.2, 0) is 25.6 Å². The van der Waals surface area contributed by atoms with Gasteiger partial charge >= 0.3 is 23.9 Å². The summed E-state index contributed by atoms with van der Waals surface area (Å²) in [5.74, 6) is -1.49. The van der Waals surface area contributed by atoms with Crippen molar-refractivity contribution in [3.05, 3.63) is 78.9 Å². The molecule has 9 heteroatoms. The smallest absolute Gasteiger partial charge is 0.335 e. The molecule has 0 bridgehead atoms. The Morgan fingerprint density at radius 3 is 1.86 bits per heavy atom. The van der Waals surface area contributed by atoms with Crippen molar-refractivity contribution in [1.82, 2.24) is 0 Å². The Labute approximate surface area is 245 Å². The Bertz CT molecular complexity index is 1450. The molecule has 9 nitrogen and oxygen atoms in total. The highest BCUT2D eigenvalue weighted by atomic mass is 16.6. The molecule has 0 fully saturated rings. The number of rotatable bonds is 12. The van der Waals surface area contributed by atoms with Crippen LogP contribution in [0.15, 0.2) is 73.3 Å². The maximum absolute atomic E-state index is 12.7. The zero-order valence-corrected chi connectivity index (χ0v) is 24.3. The van der Waals surface area contributed by atoms with Crippen molar-refractivity contribution in [3.63, 3.8) is 0 Å². The van der Waals surface area contributed by atoms with Gasteiger partial charge in [0.25, 0.3) is 0 Å². The molecule has 0 aliphatic carbocycles. The summed E-state index contributed by atoms with van der Waals surface area (Å²) in [6, 6.07) is 16.9. The summed E-state index contributed by atoms with van der Waals surface area (Å²) >= 11 is 0. The zero-order valence-electron chi connectivity index (χ0n) is 24.3. The lowest BCUT2D eigenvalue weighted by Gasteiger charge is -2.14. The minimum Gasteiger partial charge on any atom is -0.493 e. The number of benzene rings is 3. The molecule has 0 atom stereocenters. The summed E-state index contributed by atoms with van der Waals surface area (Å²) in [4.78, 5) is 48.5. The lowest BCUT2D eigenvalue weighted by molar-refractivity contribution is -0.140. The molecular formula is C33H34O9. The fourth-order valence-corrected chi connectivity index (χ4v) is 3.55. The van der Waals surface area contributed by atoms with E-state index in [1.54, 1.807) is 88.4 Å². The molecule has 0 amide bonds. The van der Waals surface area contributed by atoms with Gasteiger partial charge in [-0.15, -0.1) is 0 Å². The molecule has 3 aromatic carbocycles. The normalized spacial score (nSPS) is 10.6. The highest BCUT2D eigenvalue weighted by Crippen LogP contribution is 2.34. The maximum Gasteiger partial charge on any atom is 0.335 e. The quantitative estimate of drug-likeness (QED) is 0.143. The van der Waals surface area contributed by atoms with Gasteiger partial charge in [-0.25, -0.2) is 4.79 Å². The summed E-state index contributed by atoms with van der Waals surface area (Å²) in [6.45, 7) is 10.2. The number of methoxy groups -OCH3 is 1. The van der Waals surface area contributed by atoms with Gasteiger partial charge in [0.15, 0.2) is 23.0 Å². The van der Waals surface area contributed by atoms with Crippen molar-refractivity contribution in [2.45, 2.75) is 40.5 Å². The molecule has 0 unspecified atom stereocenters. The summed E-state index contributed by atoms with van der Waals surface area (Å²) in [5.41, 5.74) is 2.32. The average molecular weight is 575 g/mol. The first-order chi connectivity index (χ1) is 20.0. The molecule has 42 heavy (non-hydrogen) atoms. The molecule has 0 heterocycles. The van der Waals surface area contributed by atoms with Crippen LogP contribution in [0.25, 0.3) is 11.1 Å². The largest absolute Gasteiger partial charge is 0.493 e. The molecule has 0 aromatic heterocycles. The van der Waals surface area contributed by atoms with Gasteiger partial charge in [0.2, 0.25) is 0 Å². The molecule has 3 aromatic rings. The Balaban J connectivity index is 1.69. The standard InChI is InChI=1S/C33H34O9/c1-7-30(34)39-25-13-10-23(11-14-25)24-12-16-26(28(19-24)38-6)40-31(35)17-9-22-8-15-27(41-32(36)20(2)3)29(18-22)42-33(37)21(4)5/h7-8,10-16,18-21H,1,9,17H2,2-6H3. The number of ether oxygens (including phenoxy) is 5. The molecular weight excluding hydrogens is 540 g/mol. The van der Waals surface area contributed by atoms with Gasteiger partial charge in [-0.1, -0.05) is 58.5 Å². The van der Waals surface area contributed by atoms with Crippen LogP contribution in [0.3, 0.4) is 0 Å². The van der Waals surface area contributed by atoms with E-state index in [1.807, 2.05) is 0 Å². The monoisotopic (exact) mass is 574 g/mol. The number of carbonyl (C=O) groups is 4. The van der Waals surface area contributed by atoms with Crippen molar-refractivity contribution in [3.8, 4) is 39.9 Å². The first kappa shape index (κ1) is 31.6. The molecule has 0 saturated carbocycles. The number of aryl methyl sites for hydroxylation is 1. The second kappa shape index (κ2) is 14.6. The van der Waals surface area contributed by atoms with Crippen molar-refractivity contribution in [2.75, 3.05) is 7.11 Å². The molecule has 3 rings (SSSR count). The first-order valence-corrected chi connectivity index (χ1v) is 13.4. The van der Waals surface area contributed by atoms with E-state index in [1.165, 1.54) is 7.11 Å². The molecule has 220 valence electrons. The van der Waals surface area contributed by atoms with Crippen LogP contribution in [0.5, 0.6) is 28.7 Å². The maximum atomic E-state index is 12.7. The third kappa shape index (κ3) is 8.79. The Hall–Kier alpha value is -4.92. The van der Waals surface area contributed by atoms with Crippen LogP contribution in [0.1, 0.15) is 39.7 Å². The molecule has 0 N–H and O–H groups in total. The minimum atomic E-state index is -0.547. The second-order valence-corrected chi connectivity index (χ2v) is 9.92. The Kier molecular flexibility index (Phi) is 11.0. The van der Waals surface area contributed by atoms with Crippen LogP contribution >= 0.6 is 0 Å². The summed E-state index contributed by atoms with van der Waals surface area (Å²) < 4.78 is 27.0. The van der Waals surface area contributed by atoms with Crippen LogP contribution in [0.4, 0.5) is 0 Å². The summed E-state index contributed by atoms with van der Waals surface area (Å²) in [5, 5.41) is 0. The fraction of sp³-hybridized carbons (Fsp3) is 0.273. The Morgan fingerprint density at radius 2 is 1.26 bits per heavy atom. The van der Waals surface area contributed by atoms with Gasteiger partial charge in [0.05, 0.1) is 18.9 Å². The van der Waals surface area contributed by atoms with Gasteiger partial charge in [0.1, 0.15) is 5.75 Å². The number of hydrogen-bond donors (Lipinski definition) is 0. The summed E-state index contributed by atoms with van der Waals surface area (Å²) in [6.07, 6.45) is 1.40. The third-order valence-corrected chi connectivity index (χ3v) is 5.95. The van der Waals surface area contributed by atoms with E-state index in [0.29, 0.717) is 17.1 Å². The number of esters is 4. The predicted octanol–water partition coefficient (Wildman–Crippen LogP) is 6.11. The van der Waals surface area contributed by atoms with Crippen molar-refractivity contribution in [2.24, 2.45) is 11.8 Å². The average Bonchev–Trinajstić information content (AvgIpc) is 2.97. The van der Waals surface area contributed by atoms with E-state index in [-0.39, 0.29) is 41.9 Å². The van der Waals surface area contributed by atoms with E-state index in [2.05, 4.69) is 6.58 Å². The van der Waals surface area contributed by atoms with E-state index in [4.69, 9.17) is 23.7 Å². The molecule has 0 aliphatic rings. The van der Waals surface area contributed by atoms with Crippen molar-refractivity contribution >= 4 is 23.9 Å². The fourth-order valence-electron chi connectivity index (χ4n) is 3.55. The molecule has 0 aliphatic heterocycles. The SMILES string of the molecule is C=CC(=O)Oc1ccc(-c2ccc(OC(=O)CCc3ccc(OC(=O)C(C)C)c(OC(=O)C(C)C)c3)c(OC)c2)cc1. The number of hydrogen-bond acceptors (Lipinski definition) is 9. The van der Waals surface area contributed by atoms with E-state index in [0.717, 1.165) is 17.2 Å². The minimum absolute atomic E-state index is 0.0263. The highest BCUT2D eigenvalue weighted by Gasteiger charge is 2.19. The molecule has 0 radical (unpaired) electrons. The lowest BCUT2D eigenvalue weighted by Crippen LogP contribution is -2.18. The third-order valence-electron chi connectivity index (χ3n) is 5.95. The van der Waals surface area contributed by atoms with Crippen molar-refractivity contribution in [1.29, 1.82) is 0 Å². The van der Waals surface area contributed by atoms with Gasteiger partial charge in [-0.05, 0) is 59.5 Å². The van der Waals surface area contributed by atoms with Gasteiger partial charge in [-0.3, -0.25) is 14.4 Å². The molecule has 0 spiro atoms.